The van der Waals surface area contributed by atoms with Crippen LogP contribution in [0.5, 0.6) is 0 Å². The van der Waals surface area contributed by atoms with Crippen molar-refractivity contribution in [3.63, 3.8) is 0 Å². The van der Waals surface area contributed by atoms with Gasteiger partial charge >= 0.3 is 6.18 Å². The number of amidine groups is 1. The van der Waals surface area contributed by atoms with Crippen molar-refractivity contribution < 1.29 is 13.2 Å². The second-order valence-corrected chi connectivity index (χ2v) is 9.73. The number of benzene rings is 4. The second-order valence-electron chi connectivity index (χ2n) is 8.68. The first-order chi connectivity index (χ1) is 17.3. The Balaban J connectivity index is 1.75. The molecule has 0 bridgehead atoms. The van der Waals surface area contributed by atoms with Gasteiger partial charge in [0.25, 0.3) is 0 Å². The topological polar surface area (TPSA) is 15.6 Å². The molecule has 0 fully saturated rings. The van der Waals surface area contributed by atoms with Crippen LogP contribution in [0.1, 0.15) is 27.8 Å². The molecule has 0 amide bonds. The number of rotatable bonds is 6. The summed E-state index contributed by atoms with van der Waals surface area (Å²) in [4.78, 5) is 8.04. The van der Waals surface area contributed by atoms with E-state index in [9.17, 15) is 13.2 Å². The molecular formula is C30H27F3N2S. The number of aliphatic imine (C=N–C) groups is 1. The van der Waals surface area contributed by atoms with Crippen molar-refractivity contribution >= 4 is 22.6 Å². The van der Waals surface area contributed by atoms with E-state index in [0.717, 1.165) is 33.7 Å². The highest BCUT2D eigenvalue weighted by Gasteiger charge is 2.30. The van der Waals surface area contributed by atoms with Gasteiger partial charge in [0.15, 0.2) is 5.17 Å². The Morgan fingerprint density at radius 3 is 1.97 bits per heavy atom. The summed E-state index contributed by atoms with van der Waals surface area (Å²) in [6, 6.07) is 31.6. The van der Waals surface area contributed by atoms with Crippen molar-refractivity contribution in [1.29, 1.82) is 0 Å². The first-order valence-corrected chi connectivity index (χ1v) is 12.4. The van der Waals surface area contributed by atoms with Crippen LogP contribution in [0.15, 0.2) is 113 Å². The minimum Gasteiger partial charge on any atom is -0.342 e. The standard InChI is InChI=1S/C30H27F3N2S/c1-22-11-13-25(14-12-22)21-35(20-24-8-4-3-5-9-24)29(36-28-10-6-7-23(2)19-28)34-27-17-15-26(16-18-27)30(31,32)33/h3-19H,20-21H2,1-2H3. The summed E-state index contributed by atoms with van der Waals surface area (Å²) in [5.74, 6) is 0. The van der Waals surface area contributed by atoms with Crippen LogP contribution in [-0.2, 0) is 19.3 Å². The summed E-state index contributed by atoms with van der Waals surface area (Å²) in [7, 11) is 0. The Morgan fingerprint density at radius 2 is 1.36 bits per heavy atom. The Kier molecular flexibility index (Phi) is 8.16. The lowest BCUT2D eigenvalue weighted by atomic mass is 10.1. The maximum atomic E-state index is 13.1. The van der Waals surface area contributed by atoms with E-state index in [0.29, 0.717) is 23.9 Å². The molecule has 0 saturated heterocycles. The smallest absolute Gasteiger partial charge is 0.342 e. The molecule has 0 N–H and O–H groups in total. The third-order valence-corrected chi connectivity index (χ3v) is 6.62. The number of alkyl halides is 3. The van der Waals surface area contributed by atoms with E-state index in [1.54, 1.807) is 0 Å². The molecule has 0 atom stereocenters. The largest absolute Gasteiger partial charge is 0.416 e. The lowest BCUT2D eigenvalue weighted by Gasteiger charge is -2.26. The molecule has 184 valence electrons. The van der Waals surface area contributed by atoms with E-state index in [-0.39, 0.29) is 0 Å². The van der Waals surface area contributed by atoms with E-state index in [4.69, 9.17) is 4.99 Å². The Bertz CT molecular complexity index is 1300. The Hall–Kier alpha value is -3.51. The van der Waals surface area contributed by atoms with Crippen molar-refractivity contribution in [2.75, 3.05) is 0 Å². The van der Waals surface area contributed by atoms with Crippen LogP contribution in [0, 0.1) is 13.8 Å². The highest BCUT2D eigenvalue weighted by atomic mass is 32.2. The van der Waals surface area contributed by atoms with Crippen LogP contribution in [0.4, 0.5) is 18.9 Å². The molecule has 4 aromatic carbocycles. The van der Waals surface area contributed by atoms with E-state index < -0.39 is 11.7 Å². The van der Waals surface area contributed by atoms with Gasteiger partial charge in [0.05, 0.1) is 11.3 Å². The average molecular weight is 505 g/mol. The summed E-state index contributed by atoms with van der Waals surface area (Å²) < 4.78 is 39.3. The molecular weight excluding hydrogens is 477 g/mol. The number of hydrogen-bond donors (Lipinski definition) is 0. The van der Waals surface area contributed by atoms with Crippen molar-refractivity contribution in [2.24, 2.45) is 4.99 Å². The predicted molar refractivity (Wildman–Crippen MR) is 142 cm³/mol. The van der Waals surface area contributed by atoms with Crippen LogP contribution in [0.25, 0.3) is 0 Å². The summed E-state index contributed by atoms with van der Waals surface area (Å²) >= 11 is 1.51. The molecule has 0 unspecified atom stereocenters. The molecule has 0 radical (unpaired) electrons. The molecule has 4 aromatic rings. The molecule has 0 spiro atoms. The van der Waals surface area contributed by atoms with Crippen LogP contribution < -0.4 is 0 Å². The van der Waals surface area contributed by atoms with Crippen molar-refractivity contribution in [3.05, 3.63) is 131 Å². The third kappa shape index (κ3) is 7.25. The predicted octanol–water partition coefficient (Wildman–Crippen LogP) is 8.80. The van der Waals surface area contributed by atoms with Crippen molar-refractivity contribution in [1.82, 2.24) is 4.90 Å². The second kappa shape index (κ2) is 11.5. The number of hydrogen-bond acceptors (Lipinski definition) is 2. The highest BCUT2D eigenvalue weighted by Crippen LogP contribution is 2.32. The summed E-state index contributed by atoms with van der Waals surface area (Å²) in [6.07, 6.45) is -4.38. The molecule has 36 heavy (non-hydrogen) atoms. The Morgan fingerprint density at radius 1 is 0.722 bits per heavy atom. The van der Waals surface area contributed by atoms with Crippen LogP contribution >= 0.6 is 11.8 Å². The number of nitrogens with zero attached hydrogens (tertiary/aromatic N) is 2. The monoisotopic (exact) mass is 504 g/mol. The van der Waals surface area contributed by atoms with Gasteiger partial charge in [-0.15, -0.1) is 0 Å². The zero-order valence-corrected chi connectivity index (χ0v) is 21.0. The number of aryl methyl sites for hydroxylation is 2. The molecule has 0 aliphatic heterocycles. The van der Waals surface area contributed by atoms with Gasteiger partial charge in [0.2, 0.25) is 0 Å². The van der Waals surface area contributed by atoms with Crippen LogP contribution in [0.3, 0.4) is 0 Å². The van der Waals surface area contributed by atoms with Gasteiger partial charge in [-0.05, 0) is 61.4 Å². The molecule has 2 nitrogen and oxygen atoms in total. The van der Waals surface area contributed by atoms with E-state index in [1.165, 1.54) is 29.5 Å². The first kappa shape index (κ1) is 25.6. The molecule has 0 saturated carbocycles. The zero-order valence-electron chi connectivity index (χ0n) is 20.2. The highest BCUT2D eigenvalue weighted by molar-refractivity contribution is 8.13. The van der Waals surface area contributed by atoms with E-state index in [1.807, 2.05) is 43.3 Å². The SMILES string of the molecule is Cc1ccc(CN(Cc2ccccc2)C(=Nc2ccc(C(F)(F)F)cc2)Sc2cccc(C)c2)cc1. The molecule has 6 heteroatoms. The van der Waals surface area contributed by atoms with Gasteiger partial charge in [-0.1, -0.05) is 89.6 Å². The Labute approximate surface area is 214 Å². The fourth-order valence-electron chi connectivity index (χ4n) is 3.69. The van der Waals surface area contributed by atoms with E-state index in [2.05, 4.69) is 54.3 Å². The number of halogens is 3. The summed E-state index contributed by atoms with van der Waals surface area (Å²) in [5, 5.41) is 0.713. The van der Waals surface area contributed by atoms with Gasteiger partial charge in [-0.2, -0.15) is 13.2 Å². The van der Waals surface area contributed by atoms with Crippen LogP contribution in [0.2, 0.25) is 0 Å². The van der Waals surface area contributed by atoms with Crippen molar-refractivity contribution in [2.45, 2.75) is 38.0 Å². The fraction of sp³-hybridized carbons (Fsp3) is 0.167. The minimum absolute atomic E-state index is 0.472. The van der Waals surface area contributed by atoms with Gasteiger partial charge < -0.3 is 4.90 Å². The quantitative estimate of drug-likeness (QED) is 0.148. The normalized spacial score (nSPS) is 12.0. The maximum Gasteiger partial charge on any atom is 0.416 e. The maximum absolute atomic E-state index is 13.1. The molecule has 0 aliphatic carbocycles. The van der Waals surface area contributed by atoms with Gasteiger partial charge in [-0.3, -0.25) is 0 Å². The lowest BCUT2D eigenvalue weighted by Crippen LogP contribution is -2.28. The van der Waals surface area contributed by atoms with Gasteiger partial charge in [0, 0.05) is 18.0 Å². The molecule has 0 heterocycles. The van der Waals surface area contributed by atoms with Crippen molar-refractivity contribution in [3.8, 4) is 0 Å². The fourth-order valence-corrected chi connectivity index (χ4v) is 4.70. The van der Waals surface area contributed by atoms with E-state index >= 15 is 0 Å². The zero-order chi connectivity index (χ0) is 25.5. The molecule has 4 rings (SSSR count). The minimum atomic E-state index is -4.38. The molecule has 0 aliphatic rings. The lowest BCUT2D eigenvalue weighted by molar-refractivity contribution is -0.137. The molecule has 0 aromatic heterocycles. The summed E-state index contributed by atoms with van der Waals surface area (Å²) in [6.45, 7) is 5.29. The third-order valence-electron chi connectivity index (χ3n) is 5.60. The van der Waals surface area contributed by atoms with Crippen LogP contribution in [-0.4, -0.2) is 10.1 Å². The van der Waals surface area contributed by atoms with Gasteiger partial charge in [0.1, 0.15) is 0 Å². The number of thioether (sulfide) groups is 1. The first-order valence-electron chi connectivity index (χ1n) is 11.6. The average Bonchev–Trinajstić information content (AvgIpc) is 2.85. The van der Waals surface area contributed by atoms with Gasteiger partial charge in [-0.25, -0.2) is 4.99 Å². The summed E-state index contributed by atoms with van der Waals surface area (Å²) in [5.41, 5.74) is 4.34.